The molecule has 0 radical (unpaired) electrons. The number of nitrogens with zero attached hydrogens (tertiary/aromatic N) is 1. The van der Waals surface area contributed by atoms with Crippen LogP contribution in [-0.4, -0.2) is 61.0 Å². The molecule has 0 spiro atoms. The van der Waals surface area contributed by atoms with Crippen LogP contribution < -0.4 is 9.47 Å². The van der Waals surface area contributed by atoms with Gasteiger partial charge in [-0.1, -0.05) is 0 Å². The highest BCUT2D eigenvalue weighted by Crippen LogP contribution is 2.35. The first-order valence-electron chi connectivity index (χ1n) is 9.11. The lowest BCUT2D eigenvalue weighted by Gasteiger charge is -2.37. The van der Waals surface area contributed by atoms with Crippen LogP contribution in [0.5, 0.6) is 11.5 Å². The molecule has 1 heterocycles. The highest BCUT2D eigenvalue weighted by molar-refractivity contribution is 5.95. The Balaban J connectivity index is 1.81. The number of carbonyl (C=O) groups excluding carboxylic acids is 1. The summed E-state index contributed by atoms with van der Waals surface area (Å²) >= 11 is 0. The van der Waals surface area contributed by atoms with Crippen molar-refractivity contribution in [1.29, 1.82) is 0 Å². The summed E-state index contributed by atoms with van der Waals surface area (Å²) in [6, 6.07) is 5.39. The van der Waals surface area contributed by atoms with Crippen molar-refractivity contribution >= 4 is 5.91 Å². The first-order chi connectivity index (χ1) is 12.2. The molecule has 3 rings (SSSR count). The second-order valence-corrected chi connectivity index (χ2v) is 6.52. The summed E-state index contributed by atoms with van der Waals surface area (Å²) < 4.78 is 17.0. The molecule has 1 amide bonds. The number of carbonyl (C=O) groups is 1. The average Bonchev–Trinajstić information content (AvgIpc) is 3.06. The van der Waals surface area contributed by atoms with Gasteiger partial charge in [0.1, 0.15) is 0 Å². The van der Waals surface area contributed by atoms with E-state index in [1.165, 1.54) is 0 Å². The average molecular weight is 349 g/mol. The molecule has 1 aliphatic heterocycles. The van der Waals surface area contributed by atoms with Crippen LogP contribution >= 0.6 is 0 Å². The van der Waals surface area contributed by atoms with E-state index >= 15 is 0 Å². The third-order valence-electron chi connectivity index (χ3n) is 4.94. The van der Waals surface area contributed by atoms with Gasteiger partial charge in [0.15, 0.2) is 11.5 Å². The molecule has 6 heteroatoms. The van der Waals surface area contributed by atoms with Gasteiger partial charge in [-0.25, -0.2) is 0 Å². The number of ether oxygens (including phenoxy) is 3. The van der Waals surface area contributed by atoms with E-state index in [1.807, 2.05) is 18.7 Å². The molecule has 0 aromatic heterocycles. The standard InChI is InChI=1S/C19H27NO5/c1-3-23-16-6-5-14(11-18(16)24-4-2)19(22)20-7-8-25-17-10-13(12-21)9-15(17)20/h5-6,11,13,15,17,21H,3-4,7-10,12H2,1-2H3/t13-,15+,17?/m1/s1. The topological polar surface area (TPSA) is 68.2 Å². The van der Waals surface area contributed by atoms with Crippen LogP contribution in [0.25, 0.3) is 0 Å². The Hall–Kier alpha value is -1.79. The summed E-state index contributed by atoms with van der Waals surface area (Å²) in [6.07, 6.45) is 1.64. The molecule has 138 valence electrons. The lowest BCUT2D eigenvalue weighted by Crippen LogP contribution is -2.51. The number of hydrogen-bond acceptors (Lipinski definition) is 5. The summed E-state index contributed by atoms with van der Waals surface area (Å²) in [7, 11) is 0. The van der Waals surface area contributed by atoms with E-state index in [0.29, 0.717) is 43.4 Å². The number of aliphatic hydroxyl groups excluding tert-OH is 1. The van der Waals surface area contributed by atoms with Gasteiger partial charge >= 0.3 is 0 Å². The van der Waals surface area contributed by atoms with Crippen molar-refractivity contribution in [2.24, 2.45) is 5.92 Å². The minimum atomic E-state index is -0.0131. The zero-order valence-corrected chi connectivity index (χ0v) is 14.9. The number of rotatable bonds is 6. The van der Waals surface area contributed by atoms with Crippen LogP contribution in [0.1, 0.15) is 37.0 Å². The lowest BCUT2D eigenvalue weighted by molar-refractivity contribution is -0.0448. The number of aliphatic hydroxyl groups is 1. The normalized spacial score (nSPS) is 25.6. The van der Waals surface area contributed by atoms with E-state index in [4.69, 9.17) is 14.2 Å². The molecule has 1 saturated heterocycles. The zero-order valence-electron chi connectivity index (χ0n) is 14.9. The minimum absolute atomic E-state index is 0.0131. The van der Waals surface area contributed by atoms with Crippen molar-refractivity contribution in [3.05, 3.63) is 23.8 Å². The SMILES string of the molecule is CCOc1ccc(C(=O)N2CCOC3C[C@H](CO)C[C@@H]32)cc1OCC. The van der Waals surface area contributed by atoms with Crippen molar-refractivity contribution in [1.82, 2.24) is 4.90 Å². The van der Waals surface area contributed by atoms with Crippen LogP contribution in [-0.2, 0) is 4.74 Å². The molecule has 1 saturated carbocycles. The van der Waals surface area contributed by atoms with Crippen LogP contribution in [0.2, 0.25) is 0 Å². The van der Waals surface area contributed by atoms with Crippen molar-refractivity contribution in [3.63, 3.8) is 0 Å². The fraction of sp³-hybridized carbons (Fsp3) is 0.632. The van der Waals surface area contributed by atoms with E-state index in [9.17, 15) is 9.90 Å². The molecular weight excluding hydrogens is 322 g/mol. The summed E-state index contributed by atoms with van der Waals surface area (Å²) in [5, 5.41) is 9.44. The molecule has 1 aromatic rings. The third kappa shape index (κ3) is 3.75. The van der Waals surface area contributed by atoms with Crippen molar-refractivity contribution < 1.29 is 24.1 Å². The summed E-state index contributed by atoms with van der Waals surface area (Å²) in [4.78, 5) is 15.0. The first-order valence-corrected chi connectivity index (χ1v) is 9.11. The number of morpholine rings is 1. The van der Waals surface area contributed by atoms with Gasteiger partial charge in [0.05, 0.1) is 32.0 Å². The predicted molar refractivity (Wildman–Crippen MR) is 93.2 cm³/mol. The predicted octanol–water partition coefficient (Wildman–Crippen LogP) is 2.10. The van der Waals surface area contributed by atoms with E-state index < -0.39 is 0 Å². The summed E-state index contributed by atoms with van der Waals surface area (Å²) in [5.74, 6) is 1.45. The fourth-order valence-corrected chi connectivity index (χ4v) is 3.80. The highest BCUT2D eigenvalue weighted by atomic mass is 16.5. The number of benzene rings is 1. The lowest BCUT2D eigenvalue weighted by atomic mass is 10.1. The van der Waals surface area contributed by atoms with Gasteiger partial charge in [0.25, 0.3) is 5.91 Å². The second kappa shape index (κ2) is 8.06. The summed E-state index contributed by atoms with van der Waals surface area (Å²) in [5.41, 5.74) is 0.597. The number of fused-ring (bicyclic) bond motifs is 1. The van der Waals surface area contributed by atoms with Gasteiger partial charge in [-0.3, -0.25) is 4.79 Å². The van der Waals surface area contributed by atoms with Gasteiger partial charge in [-0.2, -0.15) is 0 Å². The van der Waals surface area contributed by atoms with Crippen LogP contribution in [0.4, 0.5) is 0 Å². The van der Waals surface area contributed by atoms with E-state index in [-0.39, 0.29) is 30.6 Å². The Labute approximate surface area is 148 Å². The van der Waals surface area contributed by atoms with Gasteiger partial charge in [-0.05, 0) is 50.8 Å². The van der Waals surface area contributed by atoms with Crippen molar-refractivity contribution in [3.8, 4) is 11.5 Å². The maximum Gasteiger partial charge on any atom is 0.254 e. The van der Waals surface area contributed by atoms with Crippen LogP contribution in [0, 0.1) is 5.92 Å². The molecule has 1 aliphatic carbocycles. The maximum atomic E-state index is 13.1. The Morgan fingerprint density at radius 1 is 1.24 bits per heavy atom. The fourth-order valence-electron chi connectivity index (χ4n) is 3.80. The number of hydrogen-bond donors (Lipinski definition) is 1. The van der Waals surface area contributed by atoms with Gasteiger partial charge in [-0.15, -0.1) is 0 Å². The Kier molecular flexibility index (Phi) is 5.81. The highest BCUT2D eigenvalue weighted by Gasteiger charge is 2.42. The Bertz CT molecular complexity index is 605. The van der Waals surface area contributed by atoms with E-state index in [1.54, 1.807) is 18.2 Å². The van der Waals surface area contributed by atoms with Gasteiger partial charge in [0.2, 0.25) is 0 Å². The molecule has 25 heavy (non-hydrogen) atoms. The van der Waals surface area contributed by atoms with Crippen molar-refractivity contribution in [2.75, 3.05) is 33.0 Å². The molecule has 2 fully saturated rings. The molecule has 1 N–H and O–H groups in total. The molecule has 6 nitrogen and oxygen atoms in total. The second-order valence-electron chi connectivity index (χ2n) is 6.52. The largest absolute Gasteiger partial charge is 0.490 e. The van der Waals surface area contributed by atoms with Crippen LogP contribution in [0.15, 0.2) is 18.2 Å². The summed E-state index contributed by atoms with van der Waals surface area (Å²) in [6.45, 7) is 6.15. The van der Waals surface area contributed by atoms with Gasteiger partial charge < -0.3 is 24.2 Å². The molecule has 3 atom stereocenters. The van der Waals surface area contributed by atoms with Crippen molar-refractivity contribution in [2.45, 2.75) is 38.8 Å². The zero-order chi connectivity index (χ0) is 17.8. The monoisotopic (exact) mass is 349 g/mol. The third-order valence-corrected chi connectivity index (χ3v) is 4.94. The molecule has 2 aliphatic rings. The van der Waals surface area contributed by atoms with Gasteiger partial charge in [0, 0.05) is 18.7 Å². The number of amides is 1. The first kappa shape index (κ1) is 18.0. The minimum Gasteiger partial charge on any atom is -0.490 e. The Morgan fingerprint density at radius 3 is 2.72 bits per heavy atom. The molecule has 0 bridgehead atoms. The van der Waals surface area contributed by atoms with E-state index in [2.05, 4.69) is 0 Å². The molecule has 1 unspecified atom stereocenters. The molecule has 1 aromatic carbocycles. The Morgan fingerprint density at radius 2 is 2.00 bits per heavy atom. The smallest absolute Gasteiger partial charge is 0.254 e. The maximum absolute atomic E-state index is 13.1. The molecular formula is C19H27NO5. The quantitative estimate of drug-likeness (QED) is 0.852. The van der Waals surface area contributed by atoms with E-state index in [0.717, 1.165) is 12.8 Å². The van der Waals surface area contributed by atoms with Crippen LogP contribution in [0.3, 0.4) is 0 Å².